The Morgan fingerprint density at radius 1 is 1.82 bits per heavy atom. The standard InChI is InChI=1S/C8H12N2O/c1-3-8(11)7(2)10-5-4-9-6-10/h4-6,8,11H,2-3H2,1H3. The highest BCUT2D eigenvalue weighted by atomic mass is 16.3. The second-order valence-corrected chi connectivity index (χ2v) is 2.39. The summed E-state index contributed by atoms with van der Waals surface area (Å²) < 4.78 is 1.72. The van der Waals surface area contributed by atoms with Crippen molar-refractivity contribution in [3.05, 3.63) is 25.3 Å². The van der Waals surface area contributed by atoms with Gasteiger partial charge in [-0.1, -0.05) is 13.5 Å². The van der Waals surface area contributed by atoms with Gasteiger partial charge in [-0.3, -0.25) is 0 Å². The number of nitrogens with zero attached hydrogens (tertiary/aromatic N) is 2. The molecule has 1 unspecified atom stereocenters. The topological polar surface area (TPSA) is 38.0 Å². The maximum atomic E-state index is 9.35. The predicted molar refractivity (Wildman–Crippen MR) is 43.9 cm³/mol. The number of rotatable bonds is 3. The van der Waals surface area contributed by atoms with E-state index in [1.165, 1.54) is 0 Å². The van der Waals surface area contributed by atoms with Gasteiger partial charge in [-0.15, -0.1) is 0 Å². The number of hydrogen-bond acceptors (Lipinski definition) is 2. The molecule has 0 aliphatic carbocycles. The maximum Gasteiger partial charge on any atom is 0.0989 e. The van der Waals surface area contributed by atoms with Crippen molar-refractivity contribution < 1.29 is 5.11 Å². The molecule has 60 valence electrons. The molecule has 0 radical (unpaired) electrons. The van der Waals surface area contributed by atoms with Crippen LogP contribution in [0.5, 0.6) is 0 Å². The highest BCUT2D eigenvalue weighted by Crippen LogP contribution is 2.08. The molecule has 1 atom stereocenters. The minimum atomic E-state index is -0.468. The van der Waals surface area contributed by atoms with E-state index in [4.69, 9.17) is 0 Å². The summed E-state index contributed by atoms with van der Waals surface area (Å²) in [6.07, 6.45) is 5.26. The summed E-state index contributed by atoms with van der Waals surface area (Å²) in [5, 5.41) is 9.35. The van der Waals surface area contributed by atoms with E-state index in [0.717, 1.165) is 0 Å². The molecule has 1 N–H and O–H groups in total. The van der Waals surface area contributed by atoms with Crippen molar-refractivity contribution in [3.8, 4) is 0 Å². The monoisotopic (exact) mass is 152 g/mol. The second-order valence-electron chi connectivity index (χ2n) is 2.39. The van der Waals surface area contributed by atoms with Gasteiger partial charge in [-0.2, -0.15) is 0 Å². The molecule has 0 bridgehead atoms. The summed E-state index contributed by atoms with van der Waals surface area (Å²) in [5.74, 6) is 0. The highest BCUT2D eigenvalue weighted by Gasteiger charge is 2.06. The minimum Gasteiger partial charge on any atom is -0.387 e. The molecule has 1 aromatic heterocycles. The van der Waals surface area contributed by atoms with Crippen molar-refractivity contribution in [1.29, 1.82) is 0 Å². The zero-order valence-corrected chi connectivity index (χ0v) is 6.57. The van der Waals surface area contributed by atoms with Crippen LogP contribution in [0.4, 0.5) is 0 Å². The van der Waals surface area contributed by atoms with Crippen LogP contribution in [0.3, 0.4) is 0 Å². The Morgan fingerprint density at radius 2 is 2.55 bits per heavy atom. The first-order valence-corrected chi connectivity index (χ1v) is 3.61. The smallest absolute Gasteiger partial charge is 0.0989 e. The van der Waals surface area contributed by atoms with Crippen LogP contribution >= 0.6 is 0 Å². The number of aliphatic hydroxyl groups excluding tert-OH is 1. The van der Waals surface area contributed by atoms with Crippen LogP contribution < -0.4 is 0 Å². The first-order chi connectivity index (χ1) is 5.25. The van der Waals surface area contributed by atoms with Crippen molar-refractivity contribution in [2.75, 3.05) is 0 Å². The molecular formula is C8H12N2O. The van der Waals surface area contributed by atoms with Crippen molar-refractivity contribution in [1.82, 2.24) is 9.55 Å². The van der Waals surface area contributed by atoms with Gasteiger partial charge in [0.25, 0.3) is 0 Å². The third-order valence-electron chi connectivity index (χ3n) is 1.61. The van der Waals surface area contributed by atoms with Crippen molar-refractivity contribution in [2.45, 2.75) is 19.4 Å². The fraction of sp³-hybridized carbons (Fsp3) is 0.375. The molecule has 0 aliphatic heterocycles. The van der Waals surface area contributed by atoms with Gasteiger partial charge in [-0.05, 0) is 6.42 Å². The first kappa shape index (κ1) is 8.01. The van der Waals surface area contributed by atoms with Gasteiger partial charge < -0.3 is 9.67 Å². The molecule has 0 aromatic carbocycles. The number of aliphatic hydroxyl groups is 1. The fourth-order valence-electron chi connectivity index (χ4n) is 0.837. The average molecular weight is 152 g/mol. The number of aromatic nitrogens is 2. The lowest BCUT2D eigenvalue weighted by Crippen LogP contribution is -2.10. The Balaban J connectivity index is 2.70. The SMILES string of the molecule is C=C(C(O)CC)n1ccnc1. The zero-order chi connectivity index (χ0) is 8.27. The lowest BCUT2D eigenvalue weighted by molar-refractivity contribution is 0.222. The van der Waals surface area contributed by atoms with E-state index >= 15 is 0 Å². The molecule has 0 fully saturated rings. The molecular weight excluding hydrogens is 140 g/mol. The molecule has 3 nitrogen and oxygen atoms in total. The summed E-state index contributed by atoms with van der Waals surface area (Å²) >= 11 is 0. The summed E-state index contributed by atoms with van der Waals surface area (Å²) in [4.78, 5) is 3.85. The lowest BCUT2D eigenvalue weighted by Gasteiger charge is -2.11. The molecule has 1 aromatic rings. The summed E-state index contributed by atoms with van der Waals surface area (Å²) in [7, 11) is 0. The molecule has 0 spiro atoms. The van der Waals surface area contributed by atoms with Gasteiger partial charge in [0.1, 0.15) is 0 Å². The van der Waals surface area contributed by atoms with Crippen molar-refractivity contribution in [2.24, 2.45) is 0 Å². The van der Waals surface area contributed by atoms with E-state index < -0.39 is 6.10 Å². The predicted octanol–water partition coefficient (Wildman–Crippen LogP) is 1.12. The van der Waals surface area contributed by atoms with E-state index in [2.05, 4.69) is 11.6 Å². The van der Waals surface area contributed by atoms with E-state index in [0.29, 0.717) is 12.1 Å². The van der Waals surface area contributed by atoms with Crippen molar-refractivity contribution in [3.63, 3.8) is 0 Å². The quantitative estimate of drug-likeness (QED) is 0.705. The molecule has 3 heteroatoms. The highest BCUT2D eigenvalue weighted by molar-refractivity contribution is 5.45. The average Bonchev–Trinajstić information content (AvgIpc) is 2.53. The Hall–Kier alpha value is -1.09. The maximum absolute atomic E-state index is 9.35. The van der Waals surface area contributed by atoms with Crippen LogP contribution in [0.1, 0.15) is 13.3 Å². The third-order valence-corrected chi connectivity index (χ3v) is 1.61. The normalized spacial score (nSPS) is 12.9. The van der Waals surface area contributed by atoms with E-state index in [-0.39, 0.29) is 0 Å². The van der Waals surface area contributed by atoms with Crippen LogP contribution in [-0.2, 0) is 0 Å². The van der Waals surface area contributed by atoms with Gasteiger partial charge in [0, 0.05) is 18.1 Å². The Labute approximate surface area is 66.0 Å². The number of imidazole rings is 1. The Morgan fingerprint density at radius 3 is 3.00 bits per heavy atom. The second kappa shape index (κ2) is 3.34. The van der Waals surface area contributed by atoms with Gasteiger partial charge >= 0.3 is 0 Å². The molecule has 0 amide bonds. The largest absolute Gasteiger partial charge is 0.387 e. The minimum absolute atomic E-state index is 0.468. The van der Waals surface area contributed by atoms with Crippen LogP contribution in [0.2, 0.25) is 0 Å². The molecule has 1 heterocycles. The van der Waals surface area contributed by atoms with E-state index in [1.54, 1.807) is 23.3 Å². The number of hydrogen-bond donors (Lipinski definition) is 1. The van der Waals surface area contributed by atoms with Gasteiger partial charge in [-0.25, -0.2) is 4.98 Å². The van der Waals surface area contributed by atoms with Crippen LogP contribution in [0.25, 0.3) is 5.70 Å². The fourth-order valence-corrected chi connectivity index (χ4v) is 0.837. The zero-order valence-electron chi connectivity index (χ0n) is 6.57. The third kappa shape index (κ3) is 1.68. The van der Waals surface area contributed by atoms with Crippen LogP contribution in [-0.4, -0.2) is 20.8 Å². The first-order valence-electron chi connectivity index (χ1n) is 3.61. The molecule has 0 aliphatic rings. The van der Waals surface area contributed by atoms with E-state index in [1.807, 2.05) is 6.92 Å². The van der Waals surface area contributed by atoms with Crippen LogP contribution in [0, 0.1) is 0 Å². The summed E-state index contributed by atoms with van der Waals surface area (Å²) in [6, 6.07) is 0. The van der Waals surface area contributed by atoms with Gasteiger partial charge in [0.05, 0.1) is 12.4 Å². The van der Waals surface area contributed by atoms with Gasteiger partial charge in [0.15, 0.2) is 0 Å². The molecule has 0 saturated heterocycles. The molecule has 0 saturated carbocycles. The Kier molecular flexibility index (Phi) is 2.44. The lowest BCUT2D eigenvalue weighted by atomic mass is 10.2. The molecule has 1 rings (SSSR count). The molecule has 11 heavy (non-hydrogen) atoms. The van der Waals surface area contributed by atoms with Gasteiger partial charge in [0.2, 0.25) is 0 Å². The Bertz CT molecular complexity index is 228. The van der Waals surface area contributed by atoms with Crippen LogP contribution in [0.15, 0.2) is 25.3 Å². The van der Waals surface area contributed by atoms with E-state index in [9.17, 15) is 5.11 Å². The van der Waals surface area contributed by atoms with Crippen molar-refractivity contribution >= 4 is 5.70 Å². The summed E-state index contributed by atoms with van der Waals surface area (Å²) in [5.41, 5.74) is 0.671. The summed E-state index contributed by atoms with van der Waals surface area (Å²) in [6.45, 7) is 5.65.